The van der Waals surface area contributed by atoms with E-state index in [2.05, 4.69) is 23.8 Å². The molecule has 0 radical (unpaired) electrons. The van der Waals surface area contributed by atoms with Crippen molar-refractivity contribution in [3.05, 3.63) is 29.8 Å². The molecule has 4 heteroatoms. The van der Waals surface area contributed by atoms with Crippen LogP contribution in [0.15, 0.2) is 29.4 Å². The summed E-state index contributed by atoms with van der Waals surface area (Å²) in [7, 11) is 0. The zero-order valence-corrected chi connectivity index (χ0v) is 12.5. The van der Waals surface area contributed by atoms with Gasteiger partial charge in [0.2, 0.25) is 0 Å². The van der Waals surface area contributed by atoms with Crippen LogP contribution in [0, 0.1) is 11.8 Å². The lowest BCUT2D eigenvalue weighted by atomic mass is 9.92. The Balaban J connectivity index is 1.84. The molecule has 1 aromatic carbocycles. The van der Waals surface area contributed by atoms with Gasteiger partial charge >= 0.3 is 0 Å². The van der Waals surface area contributed by atoms with E-state index < -0.39 is 0 Å². The summed E-state index contributed by atoms with van der Waals surface area (Å²) in [6, 6.07) is 7.83. The summed E-state index contributed by atoms with van der Waals surface area (Å²) in [5.74, 6) is 7.63. The number of para-hydroxylation sites is 1. The molecule has 2 unspecified atom stereocenters. The summed E-state index contributed by atoms with van der Waals surface area (Å²) in [6.45, 7) is 8.70. The minimum atomic E-state index is 0.703. The van der Waals surface area contributed by atoms with Crippen molar-refractivity contribution in [2.75, 3.05) is 26.2 Å². The van der Waals surface area contributed by atoms with E-state index in [0.29, 0.717) is 6.61 Å². The molecule has 1 aromatic rings. The van der Waals surface area contributed by atoms with Crippen molar-refractivity contribution in [1.29, 1.82) is 0 Å². The van der Waals surface area contributed by atoms with Crippen LogP contribution in [-0.2, 0) is 0 Å². The smallest absolute Gasteiger partial charge is 0.128 e. The number of likely N-dealkylation sites (tertiary alicyclic amines) is 1. The van der Waals surface area contributed by atoms with Crippen LogP contribution < -0.4 is 10.6 Å². The summed E-state index contributed by atoms with van der Waals surface area (Å²) >= 11 is 0. The summed E-state index contributed by atoms with van der Waals surface area (Å²) in [5.41, 5.74) is 0.926. The lowest BCUT2D eigenvalue weighted by Crippen LogP contribution is -2.40. The molecule has 1 saturated heterocycles. The van der Waals surface area contributed by atoms with E-state index in [-0.39, 0.29) is 0 Å². The van der Waals surface area contributed by atoms with Gasteiger partial charge in [0.1, 0.15) is 12.4 Å². The fourth-order valence-corrected chi connectivity index (χ4v) is 3.06. The van der Waals surface area contributed by atoms with Gasteiger partial charge in [0.05, 0.1) is 6.21 Å². The van der Waals surface area contributed by atoms with Crippen molar-refractivity contribution in [2.24, 2.45) is 22.8 Å². The maximum atomic E-state index is 5.87. The van der Waals surface area contributed by atoms with Gasteiger partial charge in [0.15, 0.2) is 0 Å². The molecule has 2 rings (SSSR count). The average molecular weight is 275 g/mol. The van der Waals surface area contributed by atoms with Crippen LogP contribution >= 0.6 is 0 Å². The predicted octanol–water partition coefficient (Wildman–Crippen LogP) is 2.34. The van der Waals surface area contributed by atoms with Crippen molar-refractivity contribution in [3.63, 3.8) is 0 Å². The van der Waals surface area contributed by atoms with Crippen LogP contribution in [0.25, 0.3) is 0 Å². The van der Waals surface area contributed by atoms with Crippen LogP contribution in [0.4, 0.5) is 0 Å². The molecule has 0 amide bonds. The fraction of sp³-hybridized carbons (Fsp3) is 0.562. The van der Waals surface area contributed by atoms with Crippen LogP contribution in [0.2, 0.25) is 0 Å². The first kappa shape index (κ1) is 14.9. The first-order valence-corrected chi connectivity index (χ1v) is 7.36. The number of hydrazone groups is 1. The number of nitrogens with two attached hydrogens (primary N) is 1. The van der Waals surface area contributed by atoms with Crippen LogP contribution in [0.3, 0.4) is 0 Å². The van der Waals surface area contributed by atoms with E-state index >= 15 is 0 Å². The summed E-state index contributed by atoms with van der Waals surface area (Å²) in [4.78, 5) is 2.50. The molecule has 0 spiro atoms. The topological polar surface area (TPSA) is 50.8 Å². The third kappa shape index (κ3) is 4.23. The molecule has 2 atom stereocenters. The molecule has 1 heterocycles. The van der Waals surface area contributed by atoms with Crippen molar-refractivity contribution in [2.45, 2.75) is 20.3 Å². The van der Waals surface area contributed by atoms with E-state index in [4.69, 9.17) is 10.6 Å². The van der Waals surface area contributed by atoms with Crippen molar-refractivity contribution >= 4 is 6.21 Å². The van der Waals surface area contributed by atoms with Crippen molar-refractivity contribution < 1.29 is 4.74 Å². The highest BCUT2D eigenvalue weighted by molar-refractivity contribution is 5.83. The Morgan fingerprint density at radius 2 is 2.00 bits per heavy atom. The Morgan fingerprint density at radius 1 is 1.30 bits per heavy atom. The number of ether oxygens (including phenoxy) is 1. The number of nitrogens with zero attached hydrogens (tertiary/aromatic N) is 2. The van der Waals surface area contributed by atoms with Gasteiger partial charge in [-0.2, -0.15) is 5.10 Å². The lowest BCUT2D eigenvalue weighted by Gasteiger charge is -2.34. The van der Waals surface area contributed by atoms with Gasteiger partial charge in [-0.15, -0.1) is 0 Å². The Kier molecular flexibility index (Phi) is 5.41. The van der Waals surface area contributed by atoms with Gasteiger partial charge in [0.25, 0.3) is 0 Å². The highest BCUT2D eigenvalue weighted by Gasteiger charge is 2.21. The van der Waals surface area contributed by atoms with Crippen molar-refractivity contribution in [1.82, 2.24) is 4.90 Å². The molecule has 2 N–H and O–H groups in total. The van der Waals surface area contributed by atoms with Gasteiger partial charge in [0, 0.05) is 25.2 Å². The molecule has 0 aromatic heterocycles. The normalized spacial score (nSPS) is 24.1. The minimum absolute atomic E-state index is 0.703. The van der Waals surface area contributed by atoms with E-state index in [9.17, 15) is 0 Å². The number of hydrogen-bond donors (Lipinski definition) is 1. The third-order valence-electron chi connectivity index (χ3n) is 3.74. The number of piperidine rings is 1. The van der Waals surface area contributed by atoms with Crippen molar-refractivity contribution in [3.8, 4) is 5.75 Å². The SMILES string of the molecule is CC1CC(C)CN(CCOc2ccccc2C=NN)C1. The van der Waals surface area contributed by atoms with Gasteiger partial charge in [-0.05, 0) is 30.4 Å². The first-order chi connectivity index (χ1) is 9.69. The number of benzene rings is 1. The molecule has 1 aliphatic rings. The second-order valence-electron chi connectivity index (χ2n) is 5.87. The van der Waals surface area contributed by atoms with E-state index in [1.165, 1.54) is 19.5 Å². The van der Waals surface area contributed by atoms with Gasteiger partial charge in [-0.1, -0.05) is 26.0 Å². The summed E-state index contributed by atoms with van der Waals surface area (Å²) in [6.07, 6.45) is 2.97. The first-order valence-electron chi connectivity index (χ1n) is 7.36. The van der Waals surface area contributed by atoms with Crippen LogP contribution in [-0.4, -0.2) is 37.4 Å². The molecule has 1 fully saturated rings. The Labute approximate surface area is 121 Å². The fourth-order valence-electron chi connectivity index (χ4n) is 3.06. The minimum Gasteiger partial charge on any atom is -0.492 e. The Hall–Kier alpha value is -1.55. The molecule has 4 nitrogen and oxygen atoms in total. The number of hydrogen-bond acceptors (Lipinski definition) is 4. The standard InChI is InChI=1S/C16H25N3O/c1-13-9-14(2)12-19(11-13)7-8-20-16-6-4-3-5-15(16)10-18-17/h3-6,10,13-14H,7-9,11-12,17H2,1-2H3. The molecule has 0 aliphatic carbocycles. The van der Waals surface area contributed by atoms with Gasteiger partial charge in [-0.3, -0.25) is 4.90 Å². The highest BCUT2D eigenvalue weighted by atomic mass is 16.5. The second kappa shape index (κ2) is 7.29. The van der Waals surface area contributed by atoms with Crippen LogP contribution in [0.1, 0.15) is 25.8 Å². The Bertz CT molecular complexity index is 437. The molecule has 1 aliphatic heterocycles. The molecule has 20 heavy (non-hydrogen) atoms. The summed E-state index contributed by atoms with van der Waals surface area (Å²) in [5, 5.41) is 3.57. The predicted molar refractivity (Wildman–Crippen MR) is 83.1 cm³/mol. The molecular weight excluding hydrogens is 250 g/mol. The van der Waals surface area contributed by atoms with Gasteiger partial charge in [-0.25, -0.2) is 0 Å². The molecule has 0 bridgehead atoms. The molecular formula is C16H25N3O. The zero-order valence-electron chi connectivity index (χ0n) is 12.5. The molecule has 0 saturated carbocycles. The van der Waals surface area contributed by atoms with E-state index in [0.717, 1.165) is 29.7 Å². The monoisotopic (exact) mass is 275 g/mol. The van der Waals surface area contributed by atoms with E-state index in [1.54, 1.807) is 6.21 Å². The largest absolute Gasteiger partial charge is 0.492 e. The maximum absolute atomic E-state index is 5.87. The lowest BCUT2D eigenvalue weighted by molar-refractivity contribution is 0.120. The zero-order chi connectivity index (χ0) is 14.4. The maximum Gasteiger partial charge on any atom is 0.128 e. The van der Waals surface area contributed by atoms with Crippen LogP contribution in [0.5, 0.6) is 5.75 Å². The number of rotatable bonds is 5. The average Bonchev–Trinajstić information content (AvgIpc) is 2.40. The highest BCUT2D eigenvalue weighted by Crippen LogP contribution is 2.21. The van der Waals surface area contributed by atoms with Gasteiger partial charge < -0.3 is 10.6 Å². The Morgan fingerprint density at radius 3 is 2.70 bits per heavy atom. The summed E-state index contributed by atoms with van der Waals surface area (Å²) < 4.78 is 5.87. The quantitative estimate of drug-likeness (QED) is 0.510. The second-order valence-corrected chi connectivity index (χ2v) is 5.87. The molecule has 110 valence electrons. The third-order valence-corrected chi connectivity index (χ3v) is 3.74. The van der Waals surface area contributed by atoms with E-state index in [1.807, 2.05) is 24.3 Å².